The maximum atomic E-state index is 14.0. The number of carbonyl (C=O) groups excluding carboxylic acids is 2. The monoisotopic (exact) mass is 1110 g/mol. The zero-order valence-electron chi connectivity index (χ0n) is 44.1. The van der Waals surface area contributed by atoms with Gasteiger partial charge in [-0.1, -0.05) is 35.9 Å². The van der Waals surface area contributed by atoms with Crippen LogP contribution in [0.3, 0.4) is 0 Å². The van der Waals surface area contributed by atoms with Crippen LogP contribution in [0.25, 0.3) is 22.1 Å². The summed E-state index contributed by atoms with van der Waals surface area (Å²) >= 11 is 6.53. The molecule has 0 atom stereocenters. The highest BCUT2D eigenvalue weighted by Crippen LogP contribution is 2.36. The Morgan fingerprint density at radius 3 is 1.57 bits per heavy atom. The summed E-state index contributed by atoms with van der Waals surface area (Å²) in [6, 6.07) is 24.2. The molecule has 4 aromatic carbocycles. The van der Waals surface area contributed by atoms with Crippen LogP contribution in [0.15, 0.2) is 116 Å². The van der Waals surface area contributed by atoms with E-state index >= 15 is 0 Å². The smallest absolute Gasteiger partial charge is 0.381 e. The van der Waals surface area contributed by atoms with Gasteiger partial charge in [0.1, 0.15) is 11.3 Å². The van der Waals surface area contributed by atoms with Gasteiger partial charge in [-0.3, -0.25) is 19.4 Å². The number of hydrogen-bond acceptors (Lipinski definition) is 10. The molecule has 414 valence electrons. The summed E-state index contributed by atoms with van der Waals surface area (Å²) in [4.78, 5) is 49.2. The van der Waals surface area contributed by atoms with Gasteiger partial charge in [-0.25, -0.2) is 9.97 Å². The first-order valence-electron chi connectivity index (χ1n) is 25.8. The molecule has 0 bridgehead atoms. The van der Waals surface area contributed by atoms with Crippen molar-refractivity contribution in [1.29, 1.82) is 0 Å². The second kappa shape index (κ2) is 24.3. The van der Waals surface area contributed by atoms with Crippen molar-refractivity contribution in [2.45, 2.75) is 52.4 Å². The summed E-state index contributed by atoms with van der Waals surface area (Å²) in [6.07, 6.45) is -2.03. The van der Waals surface area contributed by atoms with E-state index in [4.69, 9.17) is 11.6 Å². The van der Waals surface area contributed by atoms with E-state index in [1.54, 1.807) is 42.9 Å². The van der Waals surface area contributed by atoms with Crippen molar-refractivity contribution < 1.29 is 35.9 Å². The number of anilines is 4. The van der Waals surface area contributed by atoms with Gasteiger partial charge in [0.05, 0.1) is 16.1 Å². The van der Waals surface area contributed by atoms with Gasteiger partial charge in [-0.05, 0) is 122 Å². The van der Waals surface area contributed by atoms with Crippen LogP contribution in [-0.4, -0.2) is 118 Å². The van der Waals surface area contributed by atoms with Gasteiger partial charge >= 0.3 is 12.4 Å². The molecule has 0 unspecified atom stereocenters. The van der Waals surface area contributed by atoms with E-state index in [9.17, 15) is 35.9 Å². The number of amides is 2. The van der Waals surface area contributed by atoms with Gasteiger partial charge in [0.15, 0.2) is 0 Å². The second-order valence-corrected chi connectivity index (χ2v) is 20.5. The fraction of sp³-hybridized carbons (Fsp3) is 0.310. The Morgan fingerprint density at radius 2 is 1.05 bits per heavy atom. The molecule has 0 saturated carbocycles. The predicted octanol–water partition coefficient (Wildman–Crippen LogP) is 11.7. The van der Waals surface area contributed by atoms with Crippen molar-refractivity contribution in [3.8, 4) is 0 Å². The number of aryl methyl sites for hydroxylation is 2. The Hall–Kier alpha value is -7.49. The van der Waals surface area contributed by atoms with Crippen LogP contribution in [-0.2, 0) is 38.5 Å². The lowest BCUT2D eigenvalue weighted by molar-refractivity contribution is -0.139. The minimum atomic E-state index is -4.57. The molecule has 2 aliphatic heterocycles. The average Bonchev–Trinajstić information content (AvgIpc) is 4.17. The van der Waals surface area contributed by atoms with Gasteiger partial charge < -0.3 is 41.0 Å². The van der Waals surface area contributed by atoms with E-state index in [2.05, 4.69) is 51.0 Å². The fourth-order valence-corrected chi connectivity index (χ4v) is 9.80. The number of carbonyl (C=O) groups is 2. The van der Waals surface area contributed by atoms with E-state index in [0.717, 1.165) is 88.4 Å². The Labute approximate surface area is 458 Å². The molecule has 6 N–H and O–H groups in total. The number of fused-ring (bicyclic) bond motifs is 2. The first-order chi connectivity index (χ1) is 37.7. The molecule has 6 heterocycles. The van der Waals surface area contributed by atoms with Crippen molar-refractivity contribution in [1.82, 2.24) is 39.5 Å². The third kappa shape index (κ3) is 14.2. The molecule has 79 heavy (non-hydrogen) atoms. The highest BCUT2D eigenvalue weighted by Gasteiger charge is 2.36. The predicted molar refractivity (Wildman–Crippen MR) is 299 cm³/mol. The summed E-state index contributed by atoms with van der Waals surface area (Å²) in [5, 5.41) is 14.6. The maximum Gasteiger partial charge on any atom is 0.416 e. The van der Waals surface area contributed by atoms with Crippen molar-refractivity contribution >= 4 is 68.2 Å². The maximum absolute atomic E-state index is 14.0. The van der Waals surface area contributed by atoms with Crippen molar-refractivity contribution in [2.24, 2.45) is 0 Å². The molecule has 14 nitrogen and oxygen atoms in total. The largest absolute Gasteiger partial charge is 0.416 e. The molecular formula is C58H61ClF6N12O2. The van der Waals surface area contributed by atoms with Gasteiger partial charge in [0, 0.05) is 154 Å². The molecule has 8 aromatic rings. The van der Waals surface area contributed by atoms with Crippen molar-refractivity contribution in [3.63, 3.8) is 0 Å². The minimum absolute atomic E-state index is 0.0367. The average molecular weight is 1110 g/mol. The number of nitrogens with zero attached hydrogens (tertiary/aromatic N) is 6. The molecule has 0 aliphatic carbocycles. The number of rotatable bonds is 14. The van der Waals surface area contributed by atoms with Gasteiger partial charge in [-0.15, -0.1) is 0 Å². The number of aromatic amines is 2. The number of aromatic nitrogens is 4. The van der Waals surface area contributed by atoms with Crippen LogP contribution < -0.4 is 21.3 Å². The number of benzene rings is 4. The lowest BCUT2D eigenvalue weighted by Crippen LogP contribution is -2.44. The molecule has 0 radical (unpaired) electrons. The quantitative estimate of drug-likeness (QED) is 0.0581. The highest BCUT2D eigenvalue weighted by atomic mass is 35.5. The molecule has 10 rings (SSSR count). The van der Waals surface area contributed by atoms with E-state index in [-0.39, 0.29) is 35.3 Å². The van der Waals surface area contributed by atoms with Gasteiger partial charge in [0.2, 0.25) is 0 Å². The number of hydrogen-bond donors (Lipinski definition) is 6. The topological polar surface area (TPSA) is 153 Å². The Balaban J connectivity index is 0.000000192. The number of alkyl halides is 6. The van der Waals surface area contributed by atoms with Crippen molar-refractivity contribution in [3.05, 3.63) is 176 Å². The molecule has 2 amide bonds. The summed E-state index contributed by atoms with van der Waals surface area (Å²) in [5.41, 5.74) is 6.43. The molecular weight excluding hydrogens is 1050 g/mol. The lowest BCUT2D eigenvalue weighted by atomic mass is 10.0. The van der Waals surface area contributed by atoms with Crippen LogP contribution >= 0.6 is 11.6 Å². The van der Waals surface area contributed by atoms with Crippen LogP contribution in [0.5, 0.6) is 0 Å². The van der Waals surface area contributed by atoms with E-state index in [0.29, 0.717) is 61.3 Å². The Kier molecular flexibility index (Phi) is 17.3. The van der Waals surface area contributed by atoms with Crippen molar-refractivity contribution in [2.75, 3.05) is 87.7 Å². The van der Waals surface area contributed by atoms with Gasteiger partial charge in [0.25, 0.3) is 11.8 Å². The molecule has 2 fully saturated rings. The SMILES string of the molecule is Cc1ccc(NC(=O)c2ccc(CN3CCN(C)CC3)c(C(F)(F)F)c2)cc1NCc1cnc2[nH]ccc2c1.Cc1ccc(NC(=O)c2ccc(CN3CCN(C)CC3)c(C(F)(F)F)c2)cc1NCc1cnc2[nH]ccc2c1Cl. The number of pyridine rings is 2. The van der Waals surface area contributed by atoms with Crippen LogP contribution in [0.4, 0.5) is 49.1 Å². The highest BCUT2D eigenvalue weighted by molar-refractivity contribution is 6.36. The van der Waals surface area contributed by atoms with Gasteiger partial charge in [-0.2, -0.15) is 26.3 Å². The standard InChI is InChI=1S/C29H30ClF3N6O.C29H31F3N6O/c1-18-3-6-22(14-25(18)35-15-21-16-36-27-23(26(21)30)7-8-34-27)37-28(40)19-4-5-20(24(13-19)29(31,32)33)17-39-11-9-38(2)10-12-39;1-19-3-6-24(15-26(19)34-16-20-13-21-7-8-33-27(21)35-17-20)36-28(39)22-4-5-23(25(14-22)29(30,31)32)18-38-11-9-37(2)10-12-38/h3-8,13-14,16,35H,9-12,15,17H2,1-2H3,(H,34,36)(H,37,40);3-8,13-15,17,34H,9-12,16,18H2,1-2H3,(H,33,35)(H,36,39). The van der Waals surface area contributed by atoms with Crippen LogP contribution in [0, 0.1) is 13.8 Å². The summed E-state index contributed by atoms with van der Waals surface area (Å²) < 4.78 is 83.8. The zero-order chi connectivity index (χ0) is 56.0. The normalized spacial score (nSPS) is 15.0. The number of H-pyrrole nitrogens is 2. The number of nitrogens with one attached hydrogen (secondary N) is 6. The molecule has 0 spiro atoms. The van der Waals surface area contributed by atoms with E-state index < -0.39 is 35.3 Å². The Morgan fingerprint density at radius 1 is 0.570 bits per heavy atom. The lowest BCUT2D eigenvalue weighted by Gasteiger charge is -2.33. The number of halogens is 7. The number of likely N-dealkylation sites (N-methyl/N-ethyl adjacent to an activating group) is 2. The zero-order valence-corrected chi connectivity index (χ0v) is 44.9. The molecule has 21 heteroatoms. The molecule has 2 saturated heterocycles. The summed E-state index contributed by atoms with van der Waals surface area (Å²) in [7, 11) is 4.00. The summed E-state index contributed by atoms with van der Waals surface area (Å²) in [5.74, 6) is -1.21. The van der Waals surface area contributed by atoms with E-state index in [1.165, 1.54) is 24.3 Å². The van der Waals surface area contributed by atoms with E-state index in [1.807, 2.05) is 74.3 Å². The third-order valence-electron chi connectivity index (χ3n) is 14.3. The minimum Gasteiger partial charge on any atom is -0.381 e. The Bertz CT molecular complexity index is 3450. The molecule has 2 aliphatic rings. The third-order valence-corrected chi connectivity index (χ3v) is 14.8. The molecule has 4 aromatic heterocycles. The number of piperazine rings is 2. The fourth-order valence-electron chi connectivity index (χ4n) is 9.53. The second-order valence-electron chi connectivity index (χ2n) is 20.2. The van der Waals surface area contributed by atoms with Crippen LogP contribution in [0.2, 0.25) is 5.02 Å². The van der Waals surface area contributed by atoms with Crippen LogP contribution in [0.1, 0.15) is 65.2 Å². The first kappa shape index (κ1) is 56.2. The summed E-state index contributed by atoms with van der Waals surface area (Å²) in [6.45, 7) is 11.2. The first-order valence-corrected chi connectivity index (χ1v) is 26.2.